The van der Waals surface area contributed by atoms with Crippen molar-refractivity contribution in [1.29, 1.82) is 0 Å². The van der Waals surface area contributed by atoms with Crippen molar-refractivity contribution in [2.45, 2.75) is 32.0 Å². The van der Waals surface area contributed by atoms with Crippen LogP contribution in [0.3, 0.4) is 0 Å². The van der Waals surface area contributed by atoms with Gasteiger partial charge in [0.05, 0.1) is 13.2 Å². The molecule has 0 aromatic heterocycles. The van der Waals surface area contributed by atoms with Crippen molar-refractivity contribution < 1.29 is 9.47 Å². The molecule has 3 nitrogen and oxygen atoms in total. The van der Waals surface area contributed by atoms with E-state index >= 15 is 0 Å². The van der Waals surface area contributed by atoms with Gasteiger partial charge >= 0.3 is 0 Å². The van der Waals surface area contributed by atoms with Crippen LogP contribution in [0.25, 0.3) is 10.8 Å². The molecule has 2 aromatic rings. The van der Waals surface area contributed by atoms with Gasteiger partial charge in [-0.2, -0.15) is 0 Å². The van der Waals surface area contributed by atoms with Crippen LogP contribution < -0.4 is 10.1 Å². The Balaban J connectivity index is 1.88. The summed E-state index contributed by atoms with van der Waals surface area (Å²) in [6, 6.07) is 13.0. The van der Waals surface area contributed by atoms with E-state index in [1.165, 1.54) is 16.3 Å². The minimum atomic E-state index is 0.288. The SMILES string of the molecule is COc1ccc2ccccc2c1CNC1CCOC1C. The Bertz CT molecular complexity index is 597. The van der Waals surface area contributed by atoms with Gasteiger partial charge in [0.15, 0.2) is 0 Å². The Morgan fingerprint density at radius 1 is 1.25 bits per heavy atom. The summed E-state index contributed by atoms with van der Waals surface area (Å²) in [4.78, 5) is 0. The largest absolute Gasteiger partial charge is 0.496 e. The zero-order chi connectivity index (χ0) is 13.9. The van der Waals surface area contributed by atoms with E-state index in [0.29, 0.717) is 6.04 Å². The van der Waals surface area contributed by atoms with Crippen LogP contribution in [0.15, 0.2) is 36.4 Å². The third-order valence-electron chi connectivity index (χ3n) is 4.13. The van der Waals surface area contributed by atoms with Crippen LogP contribution in [0.4, 0.5) is 0 Å². The Labute approximate surface area is 119 Å². The quantitative estimate of drug-likeness (QED) is 0.927. The lowest BCUT2D eigenvalue weighted by atomic mass is 10.0. The normalized spacial score (nSPS) is 22.3. The second-order valence-electron chi connectivity index (χ2n) is 5.32. The Morgan fingerprint density at radius 3 is 2.85 bits per heavy atom. The van der Waals surface area contributed by atoms with Gasteiger partial charge in [0.1, 0.15) is 5.75 Å². The van der Waals surface area contributed by atoms with Crippen molar-refractivity contribution in [2.24, 2.45) is 0 Å². The molecule has 106 valence electrons. The Morgan fingerprint density at radius 2 is 2.10 bits per heavy atom. The van der Waals surface area contributed by atoms with Crippen LogP contribution >= 0.6 is 0 Å². The molecule has 0 radical (unpaired) electrons. The van der Waals surface area contributed by atoms with Gasteiger partial charge in [-0.15, -0.1) is 0 Å². The van der Waals surface area contributed by atoms with Crippen LogP contribution in [0.2, 0.25) is 0 Å². The third-order valence-corrected chi connectivity index (χ3v) is 4.13. The molecule has 0 aliphatic carbocycles. The molecule has 1 N–H and O–H groups in total. The molecule has 20 heavy (non-hydrogen) atoms. The van der Waals surface area contributed by atoms with E-state index in [-0.39, 0.29) is 6.10 Å². The van der Waals surface area contributed by atoms with Gasteiger partial charge < -0.3 is 14.8 Å². The number of hydrogen-bond acceptors (Lipinski definition) is 3. The molecular weight excluding hydrogens is 250 g/mol. The zero-order valence-corrected chi connectivity index (χ0v) is 12.1. The van der Waals surface area contributed by atoms with Gasteiger partial charge in [-0.25, -0.2) is 0 Å². The highest BCUT2D eigenvalue weighted by Crippen LogP contribution is 2.28. The minimum absolute atomic E-state index is 0.288. The molecule has 1 heterocycles. The summed E-state index contributed by atoms with van der Waals surface area (Å²) in [5.41, 5.74) is 1.23. The molecule has 3 rings (SSSR count). The predicted octanol–water partition coefficient (Wildman–Crippen LogP) is 3.12. The molecule has 0 amide bonds. The second-order valence-corrected chi connectivity index (χ2v) is 5.32. The van der Waals surface area contributed by atoms with E-state index in [1.54, 1.807) is 7.11 Å². The highest BCUT2D eigenvalue weighted by Gasteiger charge is 2.23. The first kappa shape index (κ1) is 13.4. The number of fused-ring (bicyclic) bond motifs is 1. The molecular formula is C17H21NO2. The van der Waals surface area contributed by atoms with Gasteiger partial charge in [0.2, 0.25) is 0 Å². The third kappa shape index (κ3) is 2.51. The maximum Gasteiger partial charge on any atom is 0.123 e. The van der Waals surface area contributed by atoms with Crippen molar-refractivity contribution in [2.75, 3.05) is 13.7 Å². The number of hydrogen-bond donors (Lipinski definition) is 1. The van der Waals surface area contributed by atoms with Gasteiger partial charge in [-0.05, 0) is 30.2 Å². The summed E-state index contributed by atoms with van der Waals surface area (Å²) in [5.74, 6) is 0.947. The number of benzene rings is 2. The van der Waals surface area contributed by atoms with Crippen LogP contribution in [-0.2, 0) is 11.3 Å². The number of rotatable bonds is 4. The van der Waals surface area contributed by atoms with E-state index in [1.807, 2.05) is 6.07 Å². The molecule has 0 bridgehead atoms. The molecule has 1 aliphatic rings. The molecule has 2 unspecified atom stereocenters. The van der Waals surface area contributed by atoms with Gasteiger partial charge in [0.25, 0.3) is 0 Å². The van der Waals surface area contributed by atoms with Gasteiger partial charge in [0, 0.05) is 24.8 Å². The molecule has 3 heteroatoms. The number of nitrogens with one attached hydrogen (secondary N) is 1. The fraction of sp³-hybridized carbons (Fsp3) is 0.412. The lowest BCUT2D eigenvalue weighted by molar-refractivity contribution is 0.113. The first-order valence-corrected chi connectivity index (χ1v) is 7.19. The fourth-order valence-corrected chi connectivity index (χ4v) is 2.92. The summed E-state index contributed by atoms with van der Waals surface area (Å²) in [6.45, 7) is 3.79. The van der Waals surface area contributed by atoms with Crippen LogP contribution in [0.1, 0.15) is 18.9 Å². The van der Waals surface area contributed by atoms with E-state index in [2.05, 4.69) is 42.6 Å². The first-order valence-electron chi connectivity index (χ1n) is 7.19. The highest BCUT2D eigenvalue weighted by atomic mass is 16.5. The summed E-state index contributed by atoms with van der Waals surface area (Å²) >= 11 is 0. The van der Waals surface area contributed by atoms with Gasteiger partial charge in [-0.3, -0.25) is 0 Å². The van der Waals surface area contributed by atoms with Crippen LogP contribution in [-0.4, -0.2) is 25.9 Å². The van der Waals surface area contributed by atoms with Crippen molar-refractivity contribution in [3.8, 4) is 5.75 Å². The van der Waals surface area contributed by atoms with E-state index in [4.69, 9.17) is 9.47 Å². The molecule has 2 atom stereocenters. The summed E-state index contributed by atoms with van der Waals surface area (Å²) in [7, 11) is 1.73. The summed E-state index contributed by atoms with van der Waals surface area (Å²) in [5, 5.41) is 6.12. The Hall–Kier alpha value is -1.58. The fourth-order valence-electron chi connectivity index (χ4n) is 2.92. The topological polar surface area (TPSA) is 30.5 Å². The lowest BCUT2D eigenvalue weighted by Crippen LogP contribution is -2.34. The maximum atomic E-state index is 5.60. The predicted molar refractivity (Wildman–Crippen MR) is 81.2 cm³/mol. The first-order chi connectivity index (χ1) is 9.79. The van der Waals surface area contributed by atoms with Crippen molar-refractivity contribution >= 4 is 10.8 Å². The average molecular weight is 271 g/mol. The lowest BCUT2D eigenvalue weighted by Gasteiger charge is -2.18. The number of methoxy groups -OCH3 is 1. The molecule has 0 saturated carbocycles. The maximum absolute atomic E-state index is 5.60. The van der Waals surface area contributed by atoms with E-state index in [9.17, 15) is 0 Å². The molecule has 1 fully saturated rings. The van der Waals surface area contributed by atoms with E-state index < -0.39 is 0 Å². The monoisotopic (exact) mass is 271 g/mol. The van der Waals surface area contributed by atoms with Crippen molar-refractivity contribution in [1.82, 2.24) is 5.32 Å². The molecule has 1 aliphatic heterocycles. The van der Waals surface area contributed by atoms with Gasteiger partial charge in [-0.1, -0.05) is 30.3 Å². The van der Waals surface area contributed by atoms with Crippen LogP contribution in [0.5, 0.6) is 5.75 Å². The molecule has 2 aromatic carbocycles. The average Bonchev–Trinajstić information content (AvgIpc) is 2.90. The Kier molecular flexibility index (Phi) is 3.90. The second kappa shape index (κ2) is 5.81. The number of ether oxygens (including phenoxy) is 2. The minimum Gasteiger partial charge on any atom is -0.496 e. The van der Waals surface area contributed by atoms with Crippen LogP contribution in [0, 0.1) is 0 Å². The standard InChI is InChI=1S/C17H21NO2/c1-12-16(9-10-20-12)18-11-15-14-6-4-3-5-13(14)7-8-17(15)19-2/h3-8,12,16,18H,9-11H2,1-2H3. The molecule has 1 saturated heterocycles. The highest BCUT2D eigenvalue weighted by molar-refractivity contribution is 5.87. The van der Waals surface area contributed by atoms with Crippen molar-refractivity contribution in [3.63, 3.8) is 0 Å². The van der Waals surface area contributed by atoms with Crippen molar-refractivity contribution in [3.05, 3.63) is 42.0 Å². The zero-order valence-electron chi connectivity index (χ0n) is 12.1. The van der Waals surface area contributed by atoms with E-state index in [0.717, 1.165) is 25.3 Å². The molecule has 0 spiro atoms. The summed E-state index contributed by atoms with van der Waals surface area (Å²) < 4.78 is 11.1. The smallest absolute Gasteiger partial charge is 0.123 e. The summed E-state index contributed by atoms with van der Waals surface area (Å²) in [6.07, 6.45) is 1.37.